The molecule has 0 spiro atoms. The average molecular weight is 507 g/mol. The summed E-state index contributed by atoms with van der Waals surface area (Å²) in [5, 5.41) is 12.6. The molecule has 0 radical (unpaired) electrons. The molecule has 0 N–H and O–H groups in total. The summed E-state index contributed by atoms with van der Waals surface area (Å²) >= 11 is 3.04. The van der Waals surface area contributed by atoms with Gasteiger partial charge in [0, 0.05) is 40.3 Å². The van der Waals surface area contributed by atoms with E-state index in [1.54, 1.807) is 23.5 Å². The number of rotatable bonds is 6. The fraction of sp³-hybridized carbons (Fsp3) is 0. The lowest BCUT2D eigenvalue weighted by Crippen LogP contribution is -2.09. The molecule has 0 atom stereocenters. The zero-order chi connectivity index (χ0) is 24.5. The first kappa shape index (κ1) is 22.1. The second-order valence-corrected chi connectivity index (χ2v) is 9.96. The SMILES string of the molecule is O=[N+]([O-])c1ccc(-c2nc3sc(-c4ccc(N(c5ccccc5)c5ccccc5)cc4)nc3s2)cc1. The molecule has 6 rings (SSSR count). The van der Waals surface area contributed by atoms with Crippen LogP contribution in [0, 0.1) is 10.1 Å². The Kier molecular flexibility index (Phi) is 5.73. The van der Waals surface area contributed by atoms with Gasteiger partial charge in [0.25, 0.3) is 5.69 Å². The van der Waals surface area contributed by atoms with E-state index in [0.717, 1.165) is 47.9 Å². The van der Waals surface area contributed by atoms with E-state index in [4.69, 9.17) is 9.97 Å². The number of nitrogens with zero attached hydrogens (tertiary/aromatic N) is 4. The lowest BCUT2D eigenvalue weighted by atomic mass is 10.1. The van der Waals surface area contributed by atoms with Crippen LogP contribution in [0.5, 0.6) is 0 Å². The van der Waals surface area contributed by atoms with E-state index in [1.807, 2.05) is 36.4 Å². The van der Waals surface area contributed by atoms with E-state index in [1.165, 1.54) is 23.5 Å². The third-order valence-electron chi connectivity index (χ3n) is 5.70. The molecule has 2 heterocycles. The number of hydrogen-bond acceptors (Lipinski definition) is 7. The first-order valence-electron chi connectivity index (χ1n) is 11.2. The number of nitro groups is 1. The Morgan fingerprint density at radius 3 is 1.44 bits per heavy atom. The Morgan fingerprint density at radius 2 is 1.00 bits per heavy atom. The van der Waals surface area contributed by atoms with Crippen molar-refractivity contribution >= 4 is 55.1 Å². The molecule has 0 aliphatic heterocycles. The molecule has 0 aliphatic carbocycles. The maximum absolute atomic E-state index is 10.9. The second-order valence-electron chi connectivity index (χ2n) is 8.01. The van der Waals surface area contributed by atoms with Crippen molar-refractivity contribution in [2.24, 2.45) is 0 Å². The number of para-hydroxylation sites is 2. The summed E-state index contributed by atoms with van der Waals surface area (Å²) in [4.78, 5) is 24.0. The van der Waals surface area contributed by atoms with Gasteiger partial charge >= 0.3 is 0 Å². The van der Waals surface area contributed by atoms with Gasteiger partial charge in [-0.05, 0) is 60.7 Å². The Bertz CT molecular complexity index is 1570. The molecule has 2 aromatic heterocycles. The van der Waals surface area contributed by atoms with E-state index in [-0.39, 0.29) is 5.69 Å². The first-order valence-corrected chi connectivity index (χ1v) is 12.8. The van der Waals surface area contributed by atoms with E-state index < -0.39 is 4.92 Å². The number of thiazole rings is 2. The zero-order valence-corrected chi connectivity index (χ0v) is 20.4. The molecule has 6 nitrogen and oxygen atoms in total. The largest absolute Gasteiger partial charge is 0.311 e. The zero-order valence-electron chi connectivity index (χ0n) is 18.8. The standard InChI is InChI=1S/C28H18N4O2S2/c33-32(34)24-17-13-20(14-18-24)26-30-28-27(36-26)29-25(35-28)19-11-15-23(16-12-19)31(21-7-3-1-4-8-21)22-9-5-2-6-10-22/h1-18H. The number of non-ortho nitro benzene ring substituents is 1. The molecule has 36 heavy (non-hydrogen) atoms. The summed E-state index contributed by atoms with van der Waals surface area (Å²) in [5.74, 6) is 0. The van der Waals surface area contributed by atoms with Crippen LogP contribution in [0.4, 0.5) is 22.7 Å². The smallest absolute Gasteiger partial charge is 0.269 e. The fourth-order valence-corrected chi connectivity index (χ4v) is 6.02. The van der Waals surface area contributed by atoms with Crippen molar-refractivity contribution in [1.82, 2.24) is 9.97 Å². The number of fused-ring (bicyclic) bond motifs is 1. The molecule has 0 aliphatic rings. The highest BCUT2D eigenvalue weighted by atomic mass is 32.1. The van der Waals surface area contributed by atoms with Crippen molar-refractivity contribution in [2.75, 3.05) is 4.90 Å². The Balaban J connectivity index is 1.29. The summed E-state index contributed by atoms with van der Waals surface area (Å²) in [6.07, 6.45) is 0. The van der Waals surface area contributed by atoms with Crippen LogP contribution < -0.4 is 4.90 Å². The van der Waals surface area contributed by atoms with Crippen LogP contribution >= 0.6 is 22.7 Å². The lowest BCUT2D eigenvalue weighted by molar-refractivity contribution is -0.384. The summed E-state index contributed by atoms with van der Waals surface area (Å²) in [6, 6.07) is 35.5. The Morgan fingerprint density at radius 1 is 0.583 bits per heavy atom. The predicted molar refractivity (Wildman–Crippen MR) is 148 cm³/mol. The van der Waals surface area contributed by atoms with E-state index in [0.29, 0.717) is 0 Å². The molecule has 4 aromatic carbocycles. The van der Waals surface area contributed by atoms with Crippen LogP contribution in [-0.4, -0.2) is 14.9 Å². The third-order valence-corrected chi connectivity index (χ3v) is 7.83. The average Bonchev–Trinajstić information content (AvgIpc) is 3.51. The van der Waals surface area contributed by atoms with E-state index in [9.17, 15) is 10.1 Å². The highest BCUT2D eigenvalue weighted by Gasteiger charge is 2.16. The van der Waals surface area contributed by atoms with Crippen LogP contribution in [0.2, 0.25) is 0 Å². The molecule has 174 valence electrons. The minimum atomic E-state index is -0.401. The molecule has 6 aromatic rings. The molecule has 0 fully saturated rings. The van der Waals surface area contributed by atoms with Gasteiger partial charge in [0.05, 0.1) is 4.92 Å². The number of anilines is 3. The van der Waals surface area contributed by atoms with E-state index in [2.05, 4.69) is 53.4 Å². The first-order chi connectivity index (χ1) is 17.7. The molecular formula is C28H18N4O2S2. The lowest BCUT2D eigenvalue weighted by Gasteiger charge is -2.25. The Hall–Kier alpha value is -4.40. The van der Waals surface area contributed by atoms with Gasteiger partial charge in [-0.25, -0.2) is 9.97 Å². The fourth-order valence-electron chi connectivity index (χ4n) is 3.97. The molecule has 0 saturated heterocycles. The van der Waals surface area contributed by atoms with Crippen LogP contribution in [0.25, 0.3) is 30.8 Å². The predicted octanol–water partition coefficient (Wildman–Crippen LogP) is 8.46. The molecule has 0 bridgehead atoms. The van der Waals surface area contributed by atoms with Crippen LogP contribution in [-0.2, 0) is 0 Å². The topological polar surface area (TPSA) is 72.2 Å². The normalized spacial score (nSPS) is 11.0. The minimum Gasteiger partial charge on any atom is -0.311 e. The molecule has 0 amide bonds. The van der Waals surface area contributed by atoms with Gasteiger partial charge in [0.2, 0.25) is 0 Å². The van der Waals surface area contributed by atoms with Gasteiger partial charge in [-0.2, -0.15) is 0 Å². The number of hydrogen-bond donors (Lipinski definition) is 0. The van der Waals surface area contributed by atoms with Crippen LogP contribution in [0.3, 0.4) is 0 Å². The second kappa shape index (κ2) is 9.33. The van der Waals surface area contributed by atoms with E-state index >= 15 is 0 Å². The molecule has 0 saturated carbocycles. The van der Waals surface area contributed by atoms with Crippen molar-refractivity contribution in [1.29, 1.82) is 0 Å². The molecule has 8 heteroatoms. The maximum atomic E-state index is 10.9. The maximum Gasteiger partial charge on any atom is 0.269 e. The monoisotopic (exact) mass is 506 g/mol. The van der Waals surface area contributed by atoms with Crippen molar-refractivity contribution in [3.8, 4) is 21.1 Å². The summed E-state index contributed by atoms with van der Waals surface area (Å²) in [7, 11) is 0. The van der Waals surface area contributed by atoms with Gasteiger partial charge in [-0.1, -0.05) is 59.1 Å². The van der Waals surface area contributed by atoms with Crippen molar-refractivity contribution in [3.05, 3.63) is 119 Å². The van der Waals surface area contributed by atoms with Crippen molar-refractivity contribution < 1.29 is 4.92 Å². The van der Waals surface area contributed by atoms with Gasteiger partial charge in [0.15, 0.2) is 9.66 Å². The summed E-state index contributed by atoms with van der Waals surface area (Å²) in [5.41, 5.74) is 5.20. The van der Waals surface area contributed by atoms with Crippen molar-refractivity contribution in [2.45, 2.75) is 0 Å². The highest BCUT2D eigenvalue weighted by Crippen LogP contribution is 2.39. The minimum absolute atomic E-state index is 0.0686. The van der Waals surface area contributed by atoms with Crippen LogP contribution in [0.15, 0.2) is 109 Å². The van der Waals surface area contributed by atoms with Gasteiger partial charge in [0.1, 0.15) is 10.0 Å². The summed E-state index contributed by atoms with van der Waals surface area (Å²) < 4.78 is 0. The number of benzene rings is 4. The Labute approximate surface area is 214 Å². The van der Waals surface area contributed by atoms with Crippen molar-refractivity contribution in [3.63, 3.8) is 0 Å². The summed E-state index contributed by atoms with van der Waals surface area (Å²) in [6.45, 7) is 0. The van der Waals surface area contributed by atoms with Gasteiger partial charge in [-0.15, -0.1) is 0 Å². The number of nitro benzene ring substituents is 1. The third kappa shape index (κ3) is 4.24. The van der Waals surface area contributed by atoms with Gasteiger partial charge in [-0.3, -0.25) is 10.1 Å². The quantitative estimate of drug-likeness (QED) is 0.167. The molecule has 0 unspecified atom stereocenters. The number of aromatic nitrogens is 2. The highest BCUT2D eigenvalue weighted by molar-refractivity contribution is 7.29. The van der Waals surface area contributed by atoms with Crippen LogP contribution in [0.1, 0.15) is 0 Å². The molecular weight excluding hydrogens is 488 g/mol. The van der Waals surface area contributed by atoms with Gasteiger partial charge < -0.3 is 4.90 Å².